The average Bonchev–Trinajstić information content (AvgIpc) is 3.08. The van der Waals surface area contributed by atoms with E-state index >= 15 is 0 Å². The lowest BCUT2D eigenvalue weighted by Crippen LogP contribution is -2.21. The molecular weight excluding hydrogens is 396 g/mol. The normalized spacial score (nSPS) is 10.4. The van der Waals surface area contributed by atoms with Gasteiger partial charge in [-0.1, -0.05) is 35.0 Å². The maximum Gasteiger partial charge on any atom is 0.344 e. The molecule has 2 aromatic carbocycles. The van der Waals surface area contributed by atoms with Crippen molar-refractivity contribution in [1.82, 2.24) is 5.16 Å². The molecule has 148 valence electrons. The van der Waals surface area contributed by atoms with E-state index in [1.54, 1.807) is 55.5 Å². The van der Waals surface area contributed by atoms with Crippen LogP contribution in [0.1, 0.15) is 33.4 Å². The highest BCUT2D eigenvalue weighted by Gasteiger charge is 2.24. The van der Waals surface area contributed by atoms with Crippen molar-refractivity contribution in [3.05, 3.63) is 70.4 Å². The number of anilines is 1. The number of amides is 1. The predicted molar refractivity (Wildman–Crippen MR) is 107 cm³/mol. The fourth-order valence-corrected chi connectivity index (χ4v) is 2.86. The Morgan fingerprint density at radius 2 is 1.79 bits per heavy atom. The number of hydrogen-bond donors (Lipinski definition) is 1. The van der Waals surface area contributed by atoms with Crippen molar-refractivity contribution in [3.8, 4) is 11.3 Å². The molecule has 3 aromatic rings. The molecule has 1 aromatic heterocycles. The summed E-state index contributed by atoms with van der Waals surface area (Å²) >= 11 is 6.17. The zero-order valence-electron chi connectivity index (χ0n) is 15.7. The summed E-state index contributed by atoms with van der Waals surface area (Å²) in [5.41, 5.74) is 1.89. The molecule has 3 rings (SSSR count). The van der Waals surface area contributed by atoms with Crippen LogP contribution in [-0.2, 0) is 9.53 Å². The number of hydrogen-bond acceptors (Lipinski definition) is 6. The smallest absolute Gasteiger partial charge is 0.344 e. The molecule has 0 radical (unpaired) electrons. The minimum Gasteiger partial charge on any atom is -0.452 e. The number of esters is 1. The maximum absolute atomic E-state index is 12.5. The van der Waals surface area contributed by atoms with Gasteiger partial charge in [0.05, 0.1) is 5.02 Å². The van der Waals surface area contributed by atoms with E-state index in [1.165, 1.54) is 6.92 Å². The molecule has 7 nitrogen and oxygen atoms in total. The maximum atomic E-state index is 12.5. The second-order valence-electron chi connectivity index (χ2n) is 6.20. The van der Waals surface area contributed by atoms with Gasteiger partial charge in [0.25, 0.3) is 5.91 Å². The summed E-state index contributed by atoms with van der Waals surface area (Å²) in [6.45, 7) is 2.52. The third-order valence-corrected chi connectivity index (χ3v) is 4.43. The van der Waals surface area contributed by atoms with E-state index in [1.807, 2.05) is 0 Å². The van der Waals surface area contributed by atoms with Crippen molar-refractivity contribution in [2.75, 3.05) is 11.9 Å². The van der Waals surface area contributed by atoms with Crippen LogP contribution in [0.2, 0.25) is 5.02 Å². The minimum atomic E-state index is -0.749. The largest absolute Gasteiger partial charge is 0.452 e. The number of aryl methyl sites for hydroxylation is 1. The van der Waals surface area contributed by atoms with Crippen molar-refractivity contribution in [3.63, 3.8) is 0 Å². The fourth-order valence-electron chi connectivity index (χ4n) is 2.64. The van der Waals surface area contributed by atoms with Gasteiger partial charge in [-0.3, -0.25) is 9.59 Å². The van der Waals surface area contributed by atoms with Crippen molar-refractivity contribution < 1.29 is 23.6 Å². The van der Waals surface area contributed by atoms with Crippen LogP contribution in [-0.4, -0.2) is 29.4 Å². The molecule has 0 unspecified atom stereocenters. The standard InChI is InChI=1S/C21H17ClN2O5/c1-12(25)14-7-9-15(10-8-14)23-18(26)11-28-21(27)19-13(2)29-24-20(19)16-5-3-4-6-17(16)22/h3-10H,11H2,1-2H3,(H,23,26). The monoisotopic (exact) mass is 412 g/mol. The van der Waals surface area contributed by atoms with Crippen molar-refractivity contribution in [2.45, 2.75) is 13.8 Å². The van der Waals surface area contributed by atoms with E-state index in [9.17, 15) is 14.4 Å². The van der Waals surface area contributed by atoms with Gasteiger partial charge >= 0.3 is 5.97 Å². The Morgan fingerprint density at radius 3 is 2.45 bits per heavy atom. The lowest BCUT2D eigenvalue weighted by atomic mass is 10.1. The van der Waals surface area contributed by atoms with E-state index in [0.717, 1.165) is 0 Å². The quantitative estimate of drug-likeness (QED) is 0.478. The summed E-state index contributed by atoms with van der Waals surface area (Å²) in [5.74, 6) is -1.09. The number of Topliss-reactive ketones (excluding diaryl/α,β-unsaturated/α-hetero) is 1. The molecule has 1 amide bonds. The molecule has 1 N–H and O–H groups in total. The molecule has 0 aliphatic heterocycles. The first-order valence-corrected chi connectivity index (χ1v) is 9.03. The first kappa shape index (κ1) is 20.3. The summed E-state index contributed by atoms with van der Waals surface area (Å²) in [4.78, 5) is 35.9. The van der Waals surface area contributed by atoms with E-state index in [4.69, 9.17) is 20.9 Å². The Bertz CT molecular complexity index is 1070. The van der Waals surface area contributed by atoms with Crippen LogP contribution in [0, 0.1) is 6.92 Å². The predicted octanol–water partition coefficient (Wildman–Crippen LogP) is 4.30. The number of aromatic nitrogens is 1. The molecule has 0 aliphatic rings. The molecule has 29 heavy (non-hydrogen) atoms. The van der Waals surface area contributed by atoms with Gasteiger partial charge in [-0.25, -0.2) is 4.79 Å². The molecule has 0 spiro atoms. The van der Waals surface area contributed by atoms with Crippen molar-refractivity contribution in [2.24, 2.45) is 0 Å². The number of carbonyl (C=O) groups excluding carboxylic acids is 3. The Morgan fingerprint density at radius 1 is 1.10 bits per heavy atom. The Hall–Kier alpha value is -3.45. The van der Waals surface area contributed by atoms with Crippen LogP contribution < -0.4 is 5.32 Å². The van der Waals surface area contributed by atoms with E-state index in [-0.39, 0.29) is 22.8 Å². The van der Waals surface area contributed by atoms with Gasteiger partial charge < -0.3 is 14.6 Å². The van der Waals surface area contributed by atoms with Crippen molar-refractivity contribution >= 4 is 34.9 Å². The molecular formula is C21H17ClN2O5. The van der Waals surface area contributed by atoms with Crippen LogP contribution in [0.5, 0.6) is 0 Å². The number of halogens is 1. The van der Waals surface area contributed by atoms with Gasteiger partial charge in [0, 0.05) is 16.8 Å². The van der Waals surface area contributed by atoms with E-state index in [2.05, 4.69) is 10.5 Å². The topological polar surface area (TPSA) is 98.5 Å². The summed E-state index contributed by atoms with van der Waals surface area (Å²) < 4.78 is 10.2. The molecule has 0 aliphatic carbocycles. The highest BCUT2D eigenvalue weighted by molar-refractivity contribution is 6.33. The zero-order chi connectivity index (χ0) is 21.0. The van der Waals surface area contributed by atoms with Crippen LogP contribution in [0.25, 0.3) is 11.3 Å². The SMILES string of the molecule is CC(=O)c1ccc(NC(=O)COC(=O)c2c(-c3ccccc3Cl)noc2C)cc1. The summed E-state index contributed by atoms with van der Waals surface area (Å²) in [7, 11) is 0. The third-order valence-electron chi connectivity index (χ3n) is 4.11. The van der Waals surface area contributed by atoms with Gasteiger partial charge in [0.2, 0.25) is 0 Å². The van der Waals surface area contributed by atoms with Crippen LogP contribution in [0.3, 0.4) is 0 Å². The van der Waals surface area contributed by atoms with E-state index < -0.39 is 18.5 Å². The van der Waals surface area contributed by atoms with Crippen molar-refractivity contribution in [1.29, 1.82) is 0 Å². The summed E-state index contributed by atoms with van der Waals surface area (Å²) in [5, 5.41) is 6.89. The Balaban J connectivity index is 1.67. The lowest BCUT2D eigenvalue weighted by Gasteiger charge is -2.08. The first-order chi connectivity index (χ1) is 13.9. The van der Waals surface area contributed by atoms with Crippen LogP contribution >= 0.6 is 11.6 Å². The number of ether oxygens (including phenoxy) is 1. The van der Waals surface area contributed by atoms with Gasteiger partial charge in [0.1, 0.15) is 17.0 Å². The first-order valence-electron chi connectivity index (χ1n) is 8.66. The van der Waals surface area contributed by atoms with Gasteiger partial charge in [-0.2, -0.15) is 0 Å². The number of nitrogens with one attached hydrogen (secondary N) is 1. The van der Waals surface area contributed by atoms with Gasteiger partial charge in [-0.05, 0) is 44.2 Å². The molecule has 8 heteroatoms. The molecule has 1 heterocycles. The number of benzene rings is 2. The Labute approximate surface area is 171 Å². The molecule has 0 fully saturated rings. The van der Waals surface area contributed by atoms with Gasteiger partial charge in [0.15, 0.2) is 12.4 Å². The number of carbonyl (C=O) groups is 3. The number of rotatable bonds is 6. The average molecular weight is 413 g/mol. The Kier molecular flexibility index (Phi) is 6.09. The van der Waals surface area contributed by atoms with E-state index in [0.29, 0.717) is 21.8 Å². The van der Waals surface area contributed by atoms with Crippen LogP contribution in [0.15, 0.2) is 53.1 Å². The summed E-state index contributed by atoms with van der Waals surface area (Å²) in [6, 6.07) is 13.3. The lowest BCUT2D eigenvalue weighted by molar-refractivity contribution is -0.119. The molecule has 0 bridgehead atoms. The third kappa shape index (κ3) is 4.70. The zero-order valence-corrected chi connectivity index (χ0v) is 16.4. The summed E-state index contributed by atoms with van der Waals surface area (Å²) in [6.07, 6.45) is 0. The highest BCUT2D eigenvalue weighted by Crippen LogP contribution is 2.31. The molecule has 0 saturated heterocycles. The fraction of sp³-hybridized carbons (Fsp3) is 0.143. The molecule has 0 atom stereocenters. The number of nitrogens with zero attached hydrogens (tertiary/aromatic N) is 1. The highest BCUT2D eigenvalue weighted by atomic mass is 35.5. The molecule has 0 saturated carbocycles. The minimum absolute atomic E-state index is 0.0739. The number of ketones is 1. The van der Waals surface area contributed by atoms with Crippen LogP contribution in [0.4, 0.5) is 5.69 Å². The second-order valence-corrected chi connectivity index (χ2v) is 6.61. The van der Waals surface area contributed by atoms with Gasteiger partial charge in [-0.15, -0.1) is 0 Å². The second kappa shape index (κ2) is 8.70.